The highest BCUT2D eigenvalue weighted by Crippen LogP contribution is 2.19. The Morgan fingerprint density at radius 1 is 1.50 bits per heavy atom. The van der Waals surface area contributed by atoms with E-state index in [4.69, 9.17) is 0 Å². The molecule has 1 aliphatic heterocycles. The third-order valence-electron chi connectivity index (χ3n) is 4.56. The summed E-state index contributed by atoms with van der Waals surface area (Å²) < 4.78 is 1.95. The van der Waals surface area contributed by atoms with Crippen molar-refractivity contribution in [1.29, 1.82) is 0 Å². The van der Waals surface area contributed by atoms with E-state index in [-0.39, 0.29) is 12.1 Å². The number of nitrogens with one attached hydrogen (secondary N) is 2. The molecule has 2 amide bonds. The fraction of sp³-hybridized carbons (Fsp3) is 0.625. The van der Waals surface area contributed by atoms with Crippen LogP contribution in [-0.2, 0) is 6.54 Å². The van der Waals surface area contributed by atoms with Gasteiger partial charge in [0.1, 0.15) is 11.6 Å². The number of H-pyrrole nitrogens is 1. The second-order valence-corrected chi connectivity index (χ2v) is 6.55. The van der Waals surface area contributed by atoms with Crippen molar-refractivity contribution in [3.63, 3.8) is 0 Å². The van der Waals surface area contributed by atoms with Crippen LogP contribution in [0.1, 0.15) is 43.0 Å². The average Bonchev–Trinajstić information content (AvgIpc) is 3.18. The van der Waals surface area contributed by atoms with E-state index in [2.05, 4.69) is 25.6 Å². The molecule has 0 aliphatic carbocycles. The summed E-state index contributed by atoms with van der Waals surface area (Å²) in [5.41, 5.74) is 0.977. The van der Waals surface area contributed by atoms with Crippen molar-refractivity contribution in [3.05, 3.63) is 29.6 Å². The molecule has 2 N–H and O–H groups in total. The summed E-state index contributed by atoms with van der Waals surface area (Å²) in [6, 6.07) is -0.0725. The van der Waals surface area contributed by atoms with Crippen molar-refractivity contribution in [2.24, 2.45) is 5.92 Å². The van der Waals surface area contributed by atoms with Gasteiger partial charge in [0.25, 0.3) is 0 Å². The lowest BCUT2D eigenvalue weighted by atomic mass is 9.98. The molecule has 3 heterocycles. The zero-order valence-corrected chi connectivity index (χ0v) is 14.5. The van der Waals surface area contributed by atoms with Gasteiger partial charge in [-0.1, -0.05) is 0 Å². The summed E-state index contributed by atoms with van der Waals surface area (Å²) in [5.74, 6) is 2.14. The van der Waals surface area contributed by atoms with Crippen LogP contribution in [0.2, 0.25) is 0 Å². The van der Waals surface area contributed by atoms with Crippen molar-refractivity contribution in [2.45, 2.75) is 46.2 Å². The van der Waals surface area contributed by atoms with Crippen LogP contribution < -0.4 is 5.32 Å². The van der Waals surface area contributed by atoms with Crippen LogP contribution in [0.15, 0.2) is 12.4 Å². The van der Waals surface area contributed by atoms with E-state index in [1.54, 1.807) is 12.4 Å². The first-order valence-corrected chi connectivity index (χ1v) is 8.45. The molecule has 2 aromatic heterocycles. The van der Waals surface area contributed by atoms with Gasteiger partial charge in [0.05, 0.1) is 12.2 Å². The number of amides is 2. The smallest absolute Gasteiger partial charge is 0.317 e. The largest absolute Gasteiger partial charge is 0.331 e. The van der Waals surface area contributed by atoms with Crippen molar-refractivity contribution >= 4 is 6.03 Å². The second kappa shape index (κ2) is 7.02. The Labute approximate surface area is 141 Å². The van der Waals surface area contributed by atoms with E-state index >= 15 is 0 Å². The van der Waals surface area contributed by atoms with Gasteiger partial charge in [0, 0.05) is 31.4 Å². The van der Waals surface area contributed by atoms with E-state index in [9.17, 15) is 4.79 Å². The number of carbonyl (C=O) groups excluding carboxylic acids is 1. The molecule has 1 aliphatic rings. The van der Waals surface area contributed by atoms with Gasteiger partial charge < -0.3 is 10.2 Å². The summed E-state index contributed by atoms with van der Waals surface area (Å²) in [5, 5.41) is 14.2. The molecule has 3 rings (SSSR count). The van der Waals surface area contributed by atoms with Crippen molar-refractivity contribution < 1.29 is 4.79 Å². The quantitative estimate of drug-likeness (QED) is 0.893. The maximum Gasteiger partial charge on any atom is 0.317 e. The number of aromatic amines is 1. The molecular formula is C16H25N7O. The van der Waals surface area contributed by atoms with E-state index in [1.807, 2.05) is 30.4 Å². The first-order valence-electron chi connectivity index (χ1n) is 8.45. The minimum atomic E-state index is -0.0585. The Balaban J connectivity index is 1.56. The van der Waals surface area contributed by atoms with Gasteiger partial charge in [0.15, 0.2) is 0 Å². The third kappa shape index (κ3) is 3.74. The maximum absolute atomic E-state index is 12.5. The Morgan fingerprint density at radius 2 is 2.33 bits per heavy atom. The molecule has 0 saturated carbocycles. The molecule has 1 fully saturated rings. The van der Waals surface area contributed by atoms with E-state index < -0.39 is 0 Å². The molecule has 0 radical (unpaired) electrons. The number of rotatable bonds is 4. The Bertz CT molecular complexity index is 679. The van der Waals surface area contributed by atoms with Crippen LogP contribution in [0.3, 0.4) is 0 Å². The third-order valence-corrected chi connectivity index (χ3v) is 4.56. The number of aryl methyl sites for hydroxylation is 2. The summed E-state index contributed by atoms with van der Waals surface area (Å²) >= 11 is 0. The van der Waals surface area contributed by atoms with Crippen LogP contribution in [0, 0.1) is 19.8 Å². The van der Waals surface area contributed by atoms with Gasteiger partial charge in [0.2, 0.25) is 0 Å². The van der Waals surface area contributed by atoms with Crippen LogP contribution >= 0.6 is 0 Å². The SMILES string of the molecule is Cc1nc(C)n(CC2CCCN(C(=O)NC(C)c3cn[nH]c3)C2)n1. The number of piperidine rings is 1. The molecule has 1 saturated heterocycles. The number of urea groups is 1. The highest BCUT2D eigenvalue weighted by Gasteiger charge is 2.25. The van der Waals surface area contributed by atoms with Gasteiger partial charge in [-0.2, -0.15) is 10.2 Å². The highest BCUT2D eigenvalue weighted by molar-refractivity contribution is 5.74. The summed E-state index contributed by atoms with van der Waals surface area (Å²) in [4.78, 5) is 18.8. The second-order valence-electron chi connectivity index (χ2n) is 6.55. The van der Waals surface area contributed by atoms with Crippen molar-refractivity contribution in [2.75, 3.05) is 13.1 Å². The van der Waals surface area contributed by atoms with Gasteiger partial charge in [-0.15, -0.1) is 0 Å². The zero-order chi connectivity index (χ0) is 17.1. The molecule has 8 nitrogen and oxygen atoms in total. The first kappa shape index (κ1) is 16.5. The standard InChI is InChI=1S/C16H25N7O/c1-11(15-7-17-18-8-15)19-16(24)22-6-4-5-14(9-22)10-23-13(3)20-12(2)21-23/h7-8,11,14H,4-6,9-10H2,1-3H3,(H,17,18)(H,19,24). The minimum absolute atomic E-state index is 0.0140. The van der Waals surface area contributed by atoms with Gasteiger partial charge in [-0.25, -0.2) is 14.5 Å². The monoisotopic (exact) mass is 331 g/mol. The molecule has 2 atom stereocenters. The van der Waals surface area contributed by atoms with Crippen molar-refractivity contribution in [1.82, 2.24) is 35.2 Å². The number of hydrogen-bond acceptors (Lipinski definition) is 4. The molecule has 2 unspecified atom stereocenters. The molecular weight excluding hydrogens is 306 g/mol. The summed E-state index contributed by atoms with van der Waals surface area (Å²) in [6.45, 7) is 8.21. The highest BCUT2D eigenvalue weighted by atomic mass is 16.2. The number of likely N-dealkylation sites (tertiary alicyclic amines) is 1. The van der Waals surface area contributed by atoms with Crippen LogP contribution in [0.25, 0.3) is 0 Å². The number of hydrogen-bond donors (Lipinski definition) is 2. The van der Waals surface area contributed by atoms with Crippen LogP contribution in [0.4, 0.5) is 4.79 Å². The van der Waals surface area contributed by atoms with Crippen LogP contribution in [-0.4, -0.2) is 49.0 Å². The molecule has 2 aromatic rings. The lowest BCUT2D eigenvalue weighted by Crippen LogP contribution is -2.46. The Morgan fingerprint density at radius 3 is 3.00 bits per heavy atom. The van der Waals surface area contributed by atoms with Crippen LogP contribution in [0.5, 0.6) is 0 Å². The number of carbonyl (C=O) groups is 1. The fourth-order valence-corrected chi connectivity index (χ4v) is 3.23. The predicted octanol–water partition coefficient (Wildman–Crippen LogP) is 1.80. The summed E-state index contributed by atoms with van der Waals surface area (Å²) in [7, 11) is 0. The Kier molecular flexibility index (Phi) is 4.82. The molecule has 130 valence electrons. The molecule has 24 heavy (non-hydrogen) atoms. The fourth-order valence-electron chi connectivity index (χ4n) is 3.23. The topological polar surface area (TPSA) is 91.7 Å². The average molecular weight is 331 g/mol. The van der Waals surface area contributed by atoms with E-state index in [0.717, 1.165) is 49.7 Å². The lowest BCUT2D eigenvalue weighted by Gasteiger charge is -2.33. The molecule has 0 spiro atoms. The Hall–Kier alpha value is -2.38. The first-order chi connectivity index (χ1) is 11.5. The molecule has 0 aromatic carbocycles. The van der Waals surface area contributed by atoms with E-state index in [1.165, 1.54) is 0 Å². The normalized spacial score (nSPS) is 19.3. The lowest BCUT2D eigenvalue weighted by molar-refractivity contribution is 0.155. The molecule has 0 bridgehead atoms. The summed E-state index contributed by atoms with van der Waals surface area (Å²) in [6.07, 6.45) is 5.67. The number of nitrogens with zero attached hydrogens (tertiary/aromatic N) is 5. The zero-order valence-electron chi connectivity index (χ0n) is 14.5. The van der Waals surface area contributed by atoms with Gasteiger partial charge >= 0.3 is 6.03 Å². The number of aromatic nitrogens is 5. The maximum atomic E-state index is 12.5. The molecule has 8 heteroatoms. The predicted molar refractivity (Wildman–Crippen MR) is 89.3 cm³/mol. The van der Waals surface area contributed by atoms with Crippen molar-refractivity contribution in [3.8, 4) is 0 Å². The van der Waals surface area contributed by atoms with E-state index in [0.29, 0.717) is 5.92 Å². The minimum Gasteiger partial charge on any atom is -0.331 e. The van der Waals surface area contributed by atoms with Gasteiger partial charge in [-0.3, -0.25) is 5.10 Å². The van der Waals surface area contributed by atoms with Gasteiger partial charge in [-0.05, 0) is 39.5 Å².